The van der Waals surface area contributed by atoms with Crippen molar-refractivity contribution in [2.24, 2.45) is 4.99 Å². The van der Waals surface area contributed by atoms with Crippen LogP contribution in [-0.2, 0) is 6.42 Å². The summed E-state index contributed by atoms with van der Waals surface area (Å²) in [6.07, 6.45) is 2.13. The second-order valence-corrected chi connectivity index (χ2v) is 6.06. The van der Waals surface area contributed by atoms with Crippen LogP contribution in [0.4, 0.5) is 0 Å². The molecule has 0 fully saturated rings. The average molecular weight is 361 g/mol. The van der Waals surface area contributed by atoms with Crippen LogP contribution in [0, 0.1) is 0 Å². The third kappa shape index (κ3) is 3.30. The van der Waals surface area contributed by atoms with Gasteiger partial charge in [-0.2, -0.15) is 0 Å². The van der Waals surface area contributed by atoms with E-state index in [1.54, 1.807) is 42.6 Å². The number of aliphatic imine (C=N–C) groups is 1. The van der Waals surface area contributed by atoms with Gasteiger partial charge in [-0.25, -0.2) is 0 Å². The van der Waals surface area contributed by atoms with Gasteiger partial charge >= 0.3 is 0 Å². The third-order valence-corrected chi connectivity index (χ3v) is 4.43. The van der Waals surface area contributed by atoms with E-state index in [2.05, 4.69) is 9.98 Å². The largest absolute Gasteiger partial charge is 0.494 e. The molecule has 0 spiro atoms. The molecule has 0 radical (unpaired) electrons. The number of H-pyrrole nitrogens is 1. The van der Waals surface area contributed by atoms with Crippen LogP contribution in [0.1, 0.15) is 11.1 Å². The molecule has 0 aliphatic carbocycles. The van der Waals surface area contributed by atoms with Crippen LogP contribution in [0.15, 0.2) is 52.3 Å². The smallest absolute Gasteiger partial charge is 0.258 e. The quantitative estimate of drug-likeness (QED) is 0.684. The van der Waals surface area contributed by atoms with Crippen LogP contribution in [0.25, 0.3) is 10.8 Å². The second-order valence-electron chi connectivity index (χ2n) is 5.25. The van der Waals surface area contributed by atoms with Gasteiger partial charge in [0.05, 0.1) is 5.56 Å². The number of benzene rings is 2. The van der Waals surface area contributed by atoms with E-state index < -0.39 is 0 Å². The fraction of sp³-hybridized carbons (Fsp3) is 0.111. The summed E-state index contributed by atoms with van der Waals surface area (Å²) in [6.45, 7) is 0.455. The van der Waals surface area contributed by atoms with Crippen molar-refractivity contribution in [2.75, 3.05) is 6.54 Å². The summed E-state index contributed by atoms with van der Waals surface area (Å²) in [6, 6.07) is 12.4. The first kappa shape index (κ1) is 16.6. The number of hydrogen-bond donors (Lipinski definition) is 2. The molecule has 0 amide bonds. The highest BCUT2D eigenvalue weighted by molar-refractivity contribution is 6.36. The first-order chi connectivity index (χ1) is 11.6. The fourth-order valence-corrected chi connectivity index (χ4v) is 3.11. The summed E-state index contributed by atoms with van der Waals surface area (Å²) in [7, 11) is 0. The molecule has 6 heteroatoms. The van der Waals surface area contributed by atoms with Gasteiger partial charge in [-0.1, -0.05) is 47.5 Å². The van der Waals surface area contributed by atoms with Crippen LogP contribution in [-0.4, -0.2) is 22.8 Å². The first-order valence-electron chi connectivity index (χ1n) is 7.34. The van der Waals surface area contributed by atoms with Crippen LogP contribution < -0.4 is 5.56 Å². The number of rotatable bonds is 4. The molecule has 1 aromatic heterocycles. The zero-order chi connectivity index (χ0) is 17.1. The Labute approximate surface area is 148 Å². The zero-order valence-electron chi connectivity index (χ0n) is 12.6. The lowest BCUT2D eigenvalue weighted by atomic mass is 10.1. The highest BCUT2D eigenvalue weighted by Gasteiger charge is 2.08. The number of halogens is 2. The second kappa shape index (κ2) is 7.07. The van der Waals surface area contributed by atoms with Crippen molar-refractivity contribution in [3.63, 3.8) is 0 Å². The summed E-state index contributed by atoms with van der Waals surface area (Å²) in [4.78, 5) is 18.6. The molecule has 2 aromatic carbocycles. The summed E-state index contributed by atoms with van der Waals surface area (Å²) in [5.41, 5.74) is 0.993. The Kier molecular flexibility index (Phi) is 4.88. The summed E-state index contributed by atoms with van der Waals surface area (Å²) < 4.78 is 0. The minimum Gasteiger partial charge on any atom is -0.494 e. The van der Waals surface area contributed by atoms with Gasteiger partial charge in [-0.05, 0) is 30.2 Å². The van der Waals surface area contributed by atoms with Gasteiger partial charge in [-0.3, -0.25) is 14.8 Å². The lowest BCUT2D eigenvalue weighted by Gasteiger charge is -2.05. The number of aromatic hydroxyl groups is 1. The summed E-state index contributed by atoms with van der Waals surface area (Å²) >= 11 is 12.3. The predicted molar refractivity (Wildman–Crippen MR) is 98.9 cm³/mol. The average Bonchev–Trinajstić information content (AvgIpc) is 2.56. The molecule has 122 valence electrons. The Morgan fingerprint density at radius 2 is 1.71 bits per heavy atom. The lowest BCUT2D eigenvalue weighted by Crippen LogP contribution is -2.08. The van der Waals surface area contributed by atoms with Crippen LogP contribution in [0.3, 0.4) is 0 Å². The van der Waals surface area contributed by atoms with Gasteiger partial charge < -0.3 is 5.11 Å². The molecule has 0 unspecified atom stereocenters. The van der Waals surface area contributed by atoms with Crippen molar-refractivity contribution in [1.82, 2.24) is 4.98 Å². The maximum Gasteiger partial charge on any atom is 0.258 e. The SMILES string of the molecule is O=c1[nH]c(O)c(C=NCCc2c(Cl)cccc2Cl)c2ccccc12. The van der Waals surface area contributed by atoms with Crippen molar-refractivity contribution in [3.8, 4) is 5.88 Å². The normalized spacial score (nSPS) is 11.4. The standard InChI is InChI=1S/C18H14Cl2N2O2/c19-15-6-3-7-16(20)13(15)8-9-21-10-14-11-4-1-2-5-12(11)17(23)22-18(14)24/h1-7,10H,8-9H2,(H2,22,23,24). The van der Waals surface area contributed by atoms with Gasteiger partial charge in [0.25, 0.3) is 5.56 Å². The molecule has 0 saturated heterocycles. The van der Waals surface area contributed by atoms with Gasteiger partial charge in [0, 0.05) is 33.6 Å². The van der Waals surface area contributed by atoms with Crippen LogP contribution in [0.5, 0.6) is 5.88 Å². The van der Waals surface area contributed by atoms with E-state index in [-0.39, 0.29) is 11.4 Å². The number of hydrogen-bond acceptors (Lipinski definition) is 3. The van der Waals surface area contributed by atoms with Gasteiger partial charge in [-0.15, -0.1) is 0 Å². The van der Waals surface area contributed by atoms with E-state index in [1.165, 1.54) is 0 Å². The Morgan fingerprint density at radius 1 is 1.04 bits per heavy atom. The molecule has 3 rings (SSSR count). The van der Waals surface area contributed by atoms with E-state index in [0.717, 1.165) is 5.56 Å². The zero-order valence-corrected chi connectivity index (χ0v) is 14.1. The molecule has 3 aromatic rings. The fourth-order valence-electron chi connectivity index (χ4n) is 2.52. The number of aromatic amines is 1. The van der Waals surface area contributed by atoms with Crippen LogP contribution >= 0.6 is 23.2 Å². The van der Waals surface area contributed by atoms with Crippen molar-refractivity contribution in [2.45, 2.75) is 6.42 Å². The van der Waals surface area contributed by atoms with E-state index >= 15 is 0 Å². The molecule has 0 aliphatic rings. The molecule has 0 aliphatic heterocycles. The monoisotopic (exact) mass is 360 g/mol. The predicted octanol–water partition coefficient (Wildman–Crippen LogP) is 4.20. The van der Waals surface area contributed by atoms with Gasteiger partial charge in [0.1, 0.15) is 0 Å². The Balaban J connectivity index is 1.85. The van der Waals surface area contributed by atoms with Gasteiger partial charge in [0.15, 0.2) is 0 Å². The lowest BCUT2D eigenvalue weighted by molar-refractivity contribution is 0.452. The highest BCUT2D eigenvalue weighted by atomic mass is 35.5. The molecule has 0 atom stereocenters. The van der Waals surface area contributed by atoms with Crippen LogP contribution in [0.2, 0.25) is 10.0 Å². The number of nitrogens with zero attached hydrogens (tertiary/aromatic N) is 1. The van der Waals surface area contributed by atoms with Crippen molar-refractivity contribution in [3.05, 3.63) is 74.0 Å². The van der Waals surface area contributed by atoms with E-state index in [1.807, 2.05) is 6.07 Å². The number of pyridine rings is 1. The number of nitrogens with one attached hydrogen (secondary N) is 1. The molecule has 0 saturated carbocycles. The van der Waals surface area contributed by atoms with Gasteiger partial charge in [0.2, 0.25) is 5.88 Å². The maximum atomic E-state index is 11.9. The maximum absolute atomic E-state index is 11.9. The molecule has 4 nitrogen and oxygen atoms in total. The Bertz CT molecular complexity index is 960. The molecular formula is C18H14Cl2N2O2. The number of fused-ring (bicyclic) bond motifs is 1. The minimum absolute atomic E-state index is 0.196. The Hall–Kier alpha value is -2.30. The third-order valence-electron chi connectivity index (χ3n) is 3.72. The molecule has 0 bridgehead atoms. The Morgan fingerprint density at radius 3 is 2.42 bits per heavy atom. The molecule has 2 N–H and O–H groups in total. The summed E-state index contributed by atoms with van der Waals surface area (Å²) in [5.74, 6) is -0.196. The number of aromatic nitrogens is 1. The van der Waals surface area contributed by atoms with Crippen molar-refractivity contribution in [1.29, 1.82) is 0 Å². The van der Waals surface area contributed by atoms with E-state index in [9.17, 15) is 9.90 Å². The molecular weight excluding hydrogens is 347 g/mol. The highest BCUT2D eigenvalue weighted by Crippen LogP contribution is 2.25. The van der Waals surface area contributed by atoms with E-state index in [0.29, 0.717) is 39.3 Å². The topological polar surface area (TPSA) is 65.5 Å². The minimum atomic E-state index is -0.330. The molecule has 1 heterocycles. The molecule has 24 heavy (non-hydrogen) atoms. The van der Waals surface area contributed by atoms with Crippen molar-refractivity contribution >= 4 is 40.2 Å². The van der Waals surface area contributed by atoms with E-state index in [4.69, 9.17) is 23.2 Å². The first-order valence-corrected chi connectivity index (χ1v) is 8.10. The van der Waals surface area contributed by atoms with Crippen molar-refractivity contribution < 1.29 is 5.11 Å². The summed E-state index contributed by atoms with van der Waals surface area (Å²) in [5, 5.41) is 12.4.